The maximum absolute atomic E-state index is 6.06. The lowest BCUT2D eigenvalue weighted by molar-refractivity contribution is 0.872. The highest BCUT2D eigenvalue weighted by molar-refractivity contribution is 7.06. The van der Waals surface area contributed by atoms with E-state index in [9.17, 15) is 0 Å². The van der Waals surface area contributed by atoms with Crippen LogP contribution in [0.3, 0.4) is 0 Å². The first-order valence-corrected chi connectivity index (χ1v) is 6.74. The third kappa shape index (κ3) is 6.39. The molecule has 0 unspecified atom stereocenters. The first-order chi connectivity index (χ1) is 4.31. The molecule has 0 aromatic heterocycles. The topological polar surface area (TPSA) is 0 Å². The Hall–Kier alpha value is 0.507. The highest BCUT2D eigenvalue weighted by Crippen LogP contribution is 2.10. The molecule has 0 saturated heterocycles. The molecule has 0 atom stereocenters. The maximum atomic E-state index is 6.06. The van der Waals surface area contributed by atoms with Crippen LogP contribution in [0.4, 0.5) is 0 Å². The standard InChI is InChI=1S/C7H16ClSi/c1-3-5-7-9(8)6-4-2/h3-7H2,1-2H3. The van der Waals surface area contributed by atoms with E-state index in [1.54, 1.807) is 0 Å². The Labute approximate surface area is 64.9 Å². The first-order valence-electron chi connectivity index (χ1n) is 3.81. The van der Waals surface area contributed by atoms with Crippen molar-refractivity contribution in [3.05, 3.63) is 0 Å². The number of unbranched alkanes of at least 4 members (excludes halogenated alkanes) is 1. The van der Waals surface area contributed by atoms with Crippen LogP contribution in [0, 0.1) is 0 Å². The highest BCUT2D eigenvalue weighted by Gasteiger charge is 2.03. The lowest BCUT2D eigenvalue weighted by atomic mass is 10.4. The summed E-state index contributed by atoms with van der Waals surface area (Å²) in [6, 6.07) is 2.59. The lowest BCUT2D eigenvalue weighted by Gasteiger charge is -2.01. The zero-order valence-corrected chi connectivity index (χ0v) is 8.17. The van der Waals surface area contributed by atoms with Crippen LogP contribution in [-0.2, 0) is 0 Å². The molecule has 55 valence electrons. The van der Waals surface area contributed by atoms with Crippen LogP contribution in [0.5, 0.6) is 0 Å². The third-order valence-corrected chi connectivity index (χ3v) is 4.40. The molecule has 0 aliphatic carbocycles. The molecule has 0 heterocycles. The van der Waals surface area contributed by atoms with Gasteiger partial charge in [-0.3, -0.25) is 0 Å². The van der Waals surface area contributed by atoms with Gasteiger partial charge in [0.1, 0.15) is 0 Å². The van der Waals surface area contributed by atoms with Gasteiger partial charge in [-0.05, 0) is 12.1 Å². The molecule has 0 N–H and O–H groups in total. The minimum atomic E-state index is -0.431. The molecule has 1 radical (unpaired) electrons. The normalized spacial score (nSPS) is 10.7. The molecule has 0 fully saturated rings. The summed E-state index contributed by atoms with van der Waals surface area (Å²) in [5.74, 6) is 0. The maximum Gasteiger partial charge on any atom is 0.165 e. The van der Waals surface area contributed by atoms with E-state index >= 15 is 0 Å². The highest BCUT2D eigenvalue weighted by atomic mass is 35.6. The van der Waals surface area contributed by atoms with Crippen molar-refractivity contribution in [3.8, 4) is 0 Å². The van der Waals surface area contributed by atoms with E-state index in [4.69, 9.17) is 11.1 Å². The van der Waals surface area contributed by atoms with Crippen molar-refractivity contribution in [1.82, 2.24) is 0 Å². The van der Waals surface area contributed by atoms with Crippen molar-refractivity contribution in [2.24, 2.45) is 0 Å². The van der Waals surface area contributed by atoms with E-state index in [0.29, 0.717) is 0 Å². The molecule has 0 aromatic carbocycles. The van der Waals surface area contributed by atoms with Gasteiger partial charge in [0.25, 0.3) is 0 Å². The Balaban J connectivity index is 2.95. The second-order valence-electron chi connectivity index (χ2n) is 2.37. The van der Waals surface area contributed by atoms with Gasteiger partial charge in [0.05, 0.1) is 0 Å². The molecule has 0 amide bonds. The van der Waals surface area contributed by atoms with Gasteiger partial charge in [-0.2, -0.15) is 11.1 Å². The predicted molar refractivity (Wildman–Crippen MR) is 46.4 cm³/mol. The van der Waals surface area contributed by atoms with E-state index in [0.717, 1.165) is 0 Å². The number of rotatable bonds is 5. The van der Waals surface area contributed by atoms with Crippen molar-refractivity contribution in [2.75, 3.05) is 0 Å². The second kappa shape index (κ2) is 6.62. The van der Waals surface area contributed by atoms with Crippen molar-refractivity contribution in [2.45, 2.75) is 45.2 Å². The Morgan fingerprint density at radius 2 is 1.78 bits per heavy atom. The van der Waals surface area contributed by atoms with Crippen molar-refractivity contribution in [3.63, 3.8) is 0 Å². The zero-order chi connectivity index (χ0) is 7.11. The van der Waals surface area contributed by atoms with Crippen LogP contribution in [-0.4, -0.2) is 8.11 Å². The molecule has 0 bridgehead atoms. The Morgan fingerprint density at radius 3 is 2.22 bits per heavy atom. The fourth-order valence-corrected chi connectivity index (χ4v) is 3.26. The first kappa shape index (κ1) is 9.51. The van der Waals surface area contributed by atoms with Crippen LogP contribution in [0.15, 0.2) is 0 Å². The van der Waals surface area contributed by atoms with Crippen molar-refractivity contribution >= 4 is 19.2 Å². The summed E-state index contributed by atoms with van der Waals surface area (Å²) in [6.45, 7) is 4.43. The molecule has 0 aromatic rings. The summed E-state index contributed by atoms with van der Waals surface area (Å²) < 4.78 is 0. The monoisotopic (exact) mass is 163 g/mol. The van der Waals surface area contributed by atoms with Gasteiger partial charge in [0.2, 0.25) is 0 Å². The molecule has 9 heavy (non-hydrogen) atoms. The summed E-state index contributed by atoms with van der Waals surface area (Å²) in [6.07, 6.45) is 3.89. The molecular weight excluding hydrogens is 148 g/mol. The largest absolute Gasteiger partial charge is 0.169 e. The summed E-state index contributed by atoms with van der Waals surface area (Å²) in [5, 5.41) is 0. The summed E-state index contributed by atoms with van der Waals surface area (Å²) >= 11 is 6.06. The Bertz CT molecular complexity index is 56.9. The van der Waals surface area contributed by atoms with Crippen LogP contribution >= 0.6 is 11.1 Å². The Kier molecular flexibility index (Phi) is 7.00. The van der Waals surface area contributed by atoms with Crippen LogP contribution in [0.1, 0.15) is 33.1 Å². The third-order valence-electron chi connectivity index (χ3n) is 1.32. The van der Waals surface area contributed by atoms with Crippen LogP contribution in [0.25, 0.3) is 0 Å². The summed E-state index contributed by atoms with van der Waals surface area (Å²) in [7, 11) is -0.431. The van der Waals surface area contributed by atoms with Gasteiger partial charge in [0, 0.05) is 0 Å². The molecular formula is C7H16ClSi. The number of halogens is 1. The van der Waals surface area contributed by atoms with Gasteiger partial charge in [-0.25, -0.2) is 0 Å². The van der Waals surface area contributed by atoms with Crippen molar-refractivity contribution in [1.29, 1.82) is 0 Å². The molecule has 0 saturated carbocycles. The zero-order valence-electron chi connectivity index (χ0n) is 6.41. The number of hydrogen-bond acceptors (Lipinski definition) is 0. The lowest BCUT2D eigenvalue weighted by Crippen LogP contribution is -2.00. The van der Waals surface area contributed by atoms with E-state index < -0.39 is 8.11 Å². The van der Waals surface area contributed by atoms with Gasteiger partial charge < -0.3 is 0 Å². The van der Waals surface area contributed by atoms with Gasteiger partial charge in [0.15, 0.2) is 8.11 Å². The minimum Gasteiger partial charge on any atom is -0.169 e. The molecule has 0 nitrogen and oxygen atoms in total. The van der Waals surface area contributed by atoms with Crippen LogP contribution in [0.2, 0.25) is 12.1 Å². The molecule has 0 rings (SSSR count). The number of hydrogen-bond donors (Lipinski definition) is 0. The summed E-state index contributed by atoms with van der Waals surface area (Å²) in [5.41, 5.74) is 0. The second-order valence-corrected chi connectivity index (χ2v) is 6.01. The summed E-state index contributed by atoms with van der Waals surface area (Å²) in [4.78, 5) is 0. The van der Waals surface area contributed by atoms with E-state index in [1.807, 2.05) is 0 Å². The average Bonchev–Trinajstić information content (AvgIpc) is 1.85. The minimum absolute atomic E-state index is 0.431. The SMILES string of the molecule is CCCC[Si](Cl)CCC. The fraction of sp³-hybridized carbons (Fsp3) is 1.00. The molecule has 0 spiro atoms. The van der Waals surface area contributed by atoms with Crippen molar-refractivity contribution < 1.29 is 0 Å². The fourth-order valence-electron chi connectivity index (χ4n) is 0.765. The van der Waals surface area contributed by atoms with Gasteiger partial charge >= 0.3 is 0 Å². The quantitative estimate of drug-likeness (QED) is 0.431. The van der Waals surface area contributed by atoms with E-state index in [2.05, 4.69) is 13.8 Å². The predicted octanol–water partition coefficient (Wildman–Crippen LogP) is 3.43. The van der Waals surface area contributed by atoms with Crippen LogP contribution < -0.4 is 0 Å². The van der Waals surface area contributed by atoms with Gasteiger partial charge in [-0.1, -0.05) is 33.1 Å². The molecule has 0 aliphatic heterocycles. The molecule has 2 heteroatoms. The van der Waals surface area contributed by atoms with E-state index in [-0.39, 0.29) is 0 Å². The van der Waals surface area contributed by atoms with E-state index in [1.165, 1.54) is 31.4 Å². The average molecular weight is 164 g/mol. The molecule has 0 aliphatic rings. The smallest absolute Gasteiger partial charge is 0.165 e. The Morgan fingerprint density at radius 1 is 1.11 bits per heavy atom. The van der Waals surface area contributed by atoms with Gasteiger partial charge in [-0.15, -0.1) is 0 Å².